The lowest BCUT2D eigenvalue weighted by Gasteiger charge is -2.21. The topological polar surface area (TPSA) is 113 Å². The van der Waals surface area contributed by atoms with Crippen molar-refractivity contribution in [3.8, 4) is 0 Å². The van der Waals surface area contributed by atoms with E-state index in [4.69, 9.17) is 5.11 Å². The smallest absolute Gasteiger partial charge is 0.341 e. The molecule has 0 aromatic carbocycles. The van der Waals surface area contributed by atoms with Crippen LogP contribution >= 0.6 is 0 Å². The minimum atomic E-state index is -3.86. The molecule has 9 heteroatoms. The molecule has 3 N–H and O–H groups in total. The number of hydrogen-bond donors (Lipinski definition) is 3. The van der Waals surface area contributed by atoms with Crippen molar-refractivity contribution >= 4 is 22.0 Å². The molecule has 0 aliphatic carbocycles. The first kappa shape index (κ1) is 14.5. The van der Waals surface area contributed by atoms with Gasteiger partial charge in [0, 0.05) is 12.6 Å². The third-order valence-electron chi connectivity index (χ3n) is 1.84. The molecular formula is C9H16N4O4S. The molecule has 0 aliphatic heterocycles. The summed E-state index contributed by atoms with van der Waals surface area (Å²) in [6.07, 6.45) is 1.08. The van der Waals surface area contributed by atoms with E-state index in [0.717, 1.165) is 10.9 Å². The molecule has 0 spiro atoms. The molecule has 18 heavy (non-hydrogen) atoms. The normalized spacial score (nSPS) is 12.4. The highest BCUT2D eigenvalue weighted by molar-refractivity contribution is 7.90. The highest BCUT2D eigenvalue weighted by Gasteiger charge is 2.24. The van der Waals surface area contributed by atoms with Crippen molar-refractivity contribution in [2.24, 2.45) is 7.05 Å². The Bertz CT molecular complexity index is 556. The molecule has 0 bridgehead atoms. The Morgan fingerprint density at radius 3 is 2.44 bits per heavy atom. The van der Waals surface area contributed by atoms with Gasteiger partial charge in [-0.15, -0.1) is 0 Å². The maximum absolute atomic E-state index is 11.8. The van der Waals surface area contributed by atoms with Crippen LogP contribution < -0.4 is 9.44 Å². The molecule has 0 saturated carbocycles. The van der Waals surface area contributed by atoms with Crippen molar-refractivity contribution in [2.45, 2.75) is 26.3 Å². The summed E-state index contributed by atoms with van der Waals surface area (Å²) in [6.45, 7) is 5.02. The van der Waals surface area contributed by atoms with Gasteiger partial charge in [-0.3, -0.25) is 9.40 Å². The minimum absolute atomic E-state index is 0.0979. The molecule has 102 valence electrons. The quantitative estimate of drug-likeness (QED) is 0.725. The van der Waals surface area contributed by atoms with Gasteiger partial charge in [0.25, 0.3) is 0 Å². The van der Waals surface area contributed by atoms with Gasteiger partial charge >= 0.3 is 16.2 Å². The van der Waals surface area contributed by atoms with Gasteiger partial charge in [-0.1, -0.05) is 0 Å². The van der Waals surface area contributed by atoms with Gasteiger partial charge in [0.05, 0.1) is 6.20 Å². The molecule has 1 aromatic heterocycles. The fourth-order valence-electron chi connectivity index (χ4n) is 1.27. The molecule has 0 aliphatic rings. The van der Waals surface area contributed by atoms with Crippen molar-refractivity contribution in [3.05, 3.63) is 11.8 Å². The van der Waals surface area contributed by atoms with Crippen molar-refractivity contribution in [2.75, 3.05) is 4.72 Å². The van der Waals surface area contributed by atoms with Crippen LogP contribution in [-0.2, 0) is 17.3 Å². The minimum Gasteiger partial charge on any atom is -0.477 e. The highest BCUT2D eigenvalue weighted by atomic mass is 32.2. The van der Waals surface area contributed by atoms with Gasteiger partial charge in [-0.25, -0.2) is 4.79 Å². The number of aromatic carboxylic acids is 1. The van der Waals surface area contributed by atoms with E-state index in [-0.39, 0.29) is 11.4 Å². The van der Waals surface area contributed by atoms with Crippen LogP contribution in [0.2, 0.25) is 0 Å². The second-order valence-corrected chi connectivity index (χ2v) is 6.21. The first-order valence-electron chi connectivity index (χ1n) is 5.09. The third-order valence-corrected chi connectivity index (χ3v) is 3.18. The molecule has 0 unspecified atom stereocenters. The Morgan fingerprint density at radius 1 is 1.44 bits per heavy atom. The summed E-state index contributed by atoms with van der Waals surface area (Å²) < 4.78 is 29.2. The zero-order valence-corrected chi connectivity index (χ0v) is 11.4. The maximum atomic E-state index is 11.8. The number of anilines is 1. The molecule has 0 radical (unpaired) electrons. The van der Waals surface area contributed by atoms with E-state index in [0.29, 0.717) is 0 Å². The Balaban J connectivity index is 3.05. The molecule has 1 aromatic rings. The van der Waals surface area contributed by atoms with Gasteiger partial charge in [-0.05, 0) is 20.8 Å². The van der Waals surface area contributed by atoms with E-state index in [1.54, 1.807) is 20.8 Å². The predicted octanol–water partition coefficient (Wildman–Crippen LogP) is 0.163. The zero-order valence-electron chi connectivity index (χ0n) is 10.6. The lowest BCUT2D eigenvalue weighted by Crippen LogP contribution is -2.44. The molecular weight excluding hydrogens is 260 g/mol. The Hall–Kier alpha value is -1.61. The van der Waals surface area contributed by atoms with Crippen LogP contribution in [0, 0.1) is 0 Å². The largest absolute Gasteiger partial charge is 0.477 e. The first-order chi connectivity index (χ1) is 8.02. The SMILES string of the molecule is Cn1ncc(C(=O)O)c1NS(=O)(=O)NC(C)(C)C. The van der Waals surface area contributed by atoms with Gasteiger partial charge in [0.15, 0.2) is 5.82 Å². The molecule has 0 saturated heterocycles. The number of hydrogen-bond acceptors (Lipinski definition) is 4. The number of aryl methyl sites for hydroxylation is 1. The number of carboxylic acids is 1. The Kier molecular flexibility index (Phi) is 3.67. The van der Waals surface area contributed by atoms with E-state index in [9.17, 15) is 13.2 Å². The van der Waals surface area contributed by atoms with Crippen LogP contribution in [0.15, 0.2) is 6.20 Å². The van der Waals surface area contributed by atoms with Gasteiger partial charge < -0.3 is 5.11 Å². The monoisotopic (exact) mass is 276 g/mol. The fourth-order valence-corrected chi connectivity index (χ4v) is 2.62. The lowest BCUT2D eigenvalue weighted by atomic mass is 10.1. The summed E-state index contributed by atoms with van der Waals surface area (Å²) in [5.41, 5.74) is -0.884. The fraction of sp³-hybridized carbons (Fsp3) is 0.556. The third kappa shape index (κ3) is 3.70. The van der Waals surface area contributed by atoms with Crippen LogP contribution in [0.25, 0.3) is 0 Å². The first-order valence-corrected chi connectivity index (χ1v) is 6.57. The number of nitrogens with one attached hydrogen (secondary N) is 2. The van der Waals surface area contributed by atoms with Crippen LogP contribution in [0.5, 0.6) is 0 Å². The summed E-state index contributed by atoms with van der Waals surface area (Å²) in [7, 11) is -2.42. The zero-order chi connectivity index (χ0) is 14.1. The van der Waals surface area contributed by atoms with Crippen molar-refractivity contribution in [1.82, 2.24) is 14.5 Å². The van der Waals surface area contributed by atoms with Crippen molar-refractivity contribution in [1.29, 1.82) is 0 Å². The summed E-state index contributed by atoms with van der Waals surface area (Å²) in [5.74, 6) is -1.35. The summed E-state index contributed by atoms with van der Waals surface area (Å²) in [4.78, 5) is 10.9. The predicted molar refractivity (Wildman–Crippen MR) is 65.6 cm³/mol. The lowest BCUT2D eigenvalue weighted by molar-refractivity contribution is 0.0698. The molecule has 0 atom stereocenters. The average Bonchev–Trinajstić information content (AvgIpc) is 2.42. The summed E-state index contributed by atoms with van der Waals surface area (Å²) in [5, 5.41) is 12.6. The van der Waals surface area contributed by atoms with Crippen molar-refractivity contribution in [3.63, 3.8) is 0 Å². The highest BCUT2D eigenvalue weighted by Crippen LogP contribution is 2.15. The van der Waals surface area contributed by atoms with Crippen molar-refractivity contribution < 1.29 is 18.3 Å². The number of aromatic nitrogens is 2. The summed E-state index contributed by atoms with van der Waals surface area (Å²) in [6, 6.07) is 0. The number of carboxylic acid groups (broad SMARTS) is 1. The molecule has 8 nitrogen and oxygen atoms in total. The second kappa shape index (κ2) is 4.58. The number of nitrogens with zero attached hydrogens (tertiary/aromatic N) is 2. The molecule has 1 rings (SSSR count). The van der Waals surface area contributed by atoms with Crippen LogP contribution in [0.3, 0.4) is 0 Å². The second-order valence-electron chi connectivity index (χ2n) is 4.79. The number of rotatable bonds is 4. The van der Waals surface area contributed by atoms with Crippen LogP contribution in [0.4, 0.5) is 5.82 Å². The Morgan fingerprint density at radius 2 is 2.00 bits per heavy atom. The van der Waals surface area contributed by atoms with E-state index >= 15 is 0 Å². The molecule has 0 fully saturated rings. The van der Waals surface area contributed by atoms with Gasteiger partial charge in [0.1, 0.15) is 5.56 Å². The van der Waals surface area contributed by atoms with E-state index < -0.39 is 21.7 Å². The van der Waals surface area contributed by atoms with E-state index in [1.807, 2.05) is 0 Å². The average molecular weight is 276 g/mol. The van der Waals surface area contributed by atoms with E-state index in [1.165, 1.54) is 7.05 Å². The van der Waals surface area contributed by atoms with Crippen LogP contribution in [0.1, 0.15) is 31.1 Å². The molecule has 1 heterocycles. The van der Waals surface area contributed by atoms with Gasteiger partial charge in [-0.2, -0.15) is 18.2 Å². The van der Waals surface area contributed by atoms with Gasteiger partial charge in [0.2, 0.25) is 0 Å². The molecule has 0 amide bonds. The number of carbonyl (C=O) groups is 1. The Labute approximate surface area is 105 Å². The summed E-state index contributed by atoms with van der Waals surface area (Å²) >= 11 is 0. The maximum Gasteiger partial charge on any atom is 0.341 e. The van der Waals surface area contributed by atoms with E-state index in [2.05, 4.69) is 14.5 Å². The standard InChI is InChI=1S/C9H16N4O4S/c1-9(2,3)12-18(16,17)11-7-6(8(14)15)5-10-13(7)4/h5,11-12H,1-4H3,(H,14,15). The van der Waals surface area contributed by atoms with Crippen LogP contribution in [-0.4, -0.2) is 34.8 Å².